The zero-order valence-electron chi connectivity index (χ0n) is 13.3. The fraction of sp³-hybridized carbons (Fsp3) is 0.353. The number of rotatable bonds is 4. The minimum absolute atomic E-state index is 0.239. The van der Waals surface area contributed by atoms with Crippen LogP contribution in [0, 0.1) is 23.2 Å². The number of aliphatic carboxylic acids is 1. The lowest BCUT2D eigenvalue weighted by atomic mass is 9.81. The highest BCUT2D eigenvalue weighted by Gasteiger charge is 2.31. The van der Waals surface area contributed by atoms with E-state index in [1.807, 2.05) is 0 Å². The minimum atomic E-state index is -0.851. The monoisotopic (exact) mass is 356 g/mol. The van der Waals surface area contributed by atoms with Gasteiger partial charge < -0.3 is 10.4 Å². The van der Waals surface area contributed by atoms with E-state index in [1.54, 1.807) is 24.4 Å². The molecule has 1 fully saturated rings. The van der Waals surface area contributed by atoms with Gasteiger partial charge in [-0.05, 0) is 31.4 Å². The maximum Gasteiger partial charge on any atom is 0.306 e. The quantitative estimate of drug-likeness (QED) is 0.870. The van der Waals surface area contributed by atoms with Gasteiger partial charge in [0.05, 0.1) is 11.6 Å². The Morgan fingerprint density at radius 3 is 2.80 bits per heavy atom. The van der Waals surface area contributed by atoms with Crippen LogP contribution in [0.25, 0.3) is 11.4 Å². The second kappa shape index (κ2) is 7.40. The molecular weight excluding hydrogens is 340 g/mol. The Hall–Kier alpha value is -2.79. The van der Waals surface area contributed by atoms with Gasteiger partial charge in [0, 0.05) is 12.1 Å². The predicted molar refractivity (Wildman–Crippen MR) is 91.8 cm³/mol. The van der Waals surface area contributed by atoms with E-state index in [1.165, 1.54) is 0 Å². The largest absolute Gasteiger partial charge is 0.481 e. The van der Waals surface area contributed by atoms with Crippen LogP contribution in [0.1, 0.15) is 30.6 Å². The first-order chi connectivity index (χ1) is 12.1. The van der Waals surface area contributed by atoms with Crippen LogP contribution in [0.5, 0.6) is 0 Å². The number of carboxylic acid groups (broad SMARTS) is 1. The highest BCUT2D eigenvalue weighted by atomic mass is 32.1. The number of carboxylic acids is 1. The summed E-state index contributed by atoms with van der Waals surface area (Å²) in [5.74, 6) is -1.91. The standard InChI is InChI=1S/C17H16N4O3S/c18-9-13-14(12-6-1-2-7-19-12)20-17(25-13)21-15(22)10-4-3-5-11(8-10)16(23)24/h1-2,6-7,10-11H,3-5,8H2,(H,23,24)(H,20,21,22)/t10-,11+/m0/s1. The molecule has 25 heavy (non-hydrogen) atoms. The summed E-state index contributed by atoms with van der Waals surface area (Å²) in [7, 11) is 0. The fourth-order valence-electron chi connectivity index (χ4n) is 2.99. The minimum Gasteiger partial charge on any atom is -0.481 e. The van der Waals surface area contributed by atoms with E-state index >= 15 is 0 Å². The number of hydrogen-bond acceptors (Lipinski definition) is 6. The van der Waals surface area contributed by atoms with Crippen molar-refractivity contribution < 1.29 is 14.7 Å². The van der Waals surface area contributed by atoms with Gasteiger partial charge in [0.2, 0.25) is 5.91 Å². The van der Waals surface area contributed by atoms with E-state index in [0.29, 0.717) is 40.7 Å². The number of nitrogens with zero attached hydrogens (tertiary/aromatic N) is 3. The fourth-order valence-corrected chi connectivity index (χ4v) is 3.76. The summed E-state index contributed by atoms with van der Waals surface area (Å²) >= 11 is 1.09. The number of nitrogens with one attached hydrogen (secondary N) is 1. The molecule has 0 spiro atoms. The molecule has 1 amide bonds. The summed E-state index contributed by atoms with van der Waals surface area (Å²) in [6.45, 7) is 0. The van der Waals surface area contributed by atoms with Gasteiger partial charge in [-0.1, -0.05) is 23.8 Å². The normalized spacial score (nSPS) is 19.8. The number of nitriles is 1. The summed E-state index contributed by atoms with van der Waals surface area (Å²) in [5.41, 5.74) is 1.01. The maximum absolute atomic E-state index is 12.4. The van der Waals surface area contributed by atoms with Crippen LogP contribution in [0.2, 0.25) is 0 Å². The van der Waals surface area contributed by atoms with Crippen molar-refractivity contribution in [1.82, 2.24) is 9.97 Å². The molecule has 8 heteroatoms. The number of carbonyl (C=O) groups is 2. The van der Waals surface area contributed by atoms with Crippen molar-refractivity contribution >= 4 is 28.3 Å². The van der Waals surface area contributed by atoms with Gasteiger partial charge in [0.1, 0.15) is 16.6 Å². The SMILES string of the molecule is N#Cc1sc(NC(=O)[C@H]2CCC[C@@H](C(=O)O)C2)nc1-c1ccccn1. The van der Waals surface area contributed by atoms with E-state index in [2.05, 4.69) is 21.4 Å². The second-order valence-electron chi connectivity index (χ2n) is 5.91. The van der Waals surface area contributed by atoms with Crippen molar-refractivity contribution in [3.8, 4) is 17.5 Å². The Morgan fingerprint density at radius 2 is 2.12 bits per heavy atom. The highest BCUT2D eigenvalue weighted by Crippen LogP contribution is 2.32. The second-order valence-corrected chi connectivity index (χ2v) is 6.91. The van der Waals surface area contributed by atoms with Crippen LogP contribution < -0.4 is 5.32 Å². The average molecular weight is 356 g/mol. The lowest BCUT2D eigenvalue weighted by Crippen LogP contribution is -2.30. The molecule has 128 valence electrons. The summed E-state index contributed by atoms with van der Waals surface area (Å²) < 4.78 is 0. The van der Waals surface area contributed by atoms with Crippen LogP contribution in [0.3, 0.4) is 0 Å². The van der Waals surface area contributed by atoms with Crippen molar-refractivity contribution in [3.05, 3.63) is 29.3 Å². The lowest BCUT2D eigenvalue weighted by Gasteiger charge is -2.25. The molecule has 0 aliphatic heterocycles. The van der Waals surface area contributed by atoms with Crippen LogP contribution in [0.15, 0.2) is 24.4 Å². The Balaban J connectivity index is 1.75. The molecule has 0 saturated heterocycles. The molecule has 1 aliphatic rings. The average Bonchev–Trinajstić information content (AvgIpc) is 3.05. The zero-order valence-corrected chi connectivity index (χ0v) is 14.1. The molecule has 1 saturated carbocycles. The third kappa shape index (κ3) is 3.83. The maximum atomic E-state index is 12.4. The number of thiazole rings is 1. The summed E-state index contributed by atoms with van der Waals surface area (Å²) in [6, 6.07) is 7.40. The van der Waals surface area contributed by atoms with Crippen molar-refractivity contribution in [1.29, 1.82) is 5.26 Å². The number of pyridine rings is 1. The Kier molecular flexibility index (Phi) is 5.05. The third-order valence-electron chi connectivity index (χ3n) is 4.26. The molecule has 1 aliphatic carbocycles. The molecule has 3 rings (SSSR count). The Morgan fingerprint density at radius 1 is 1.32 bits per heavy atom. The van der Waals surface area contributed by atoms with E-state index < -0.39 is 11.9 Å². The van der Waals surface area contributed by atoms with E-state index in [9.17, 15) is 14.9 Å². The van der Waals surface area contributed by atoms with Crippen LogP contribution in [0.4, 0.5) is 5.13 Å². The van der Waals surface area contributed by atoms with Crippen LogP contribution >= 0.6 is 11.3 Å². The summed E-state index contributed by atoms with van der Waals surface area (Å²) in [6.07, 6.45) is 3.94. The number of anilines is 1. The van der Waals surface area contributed by atoms with E-state index in [0.717, 1.165) is 17.8 Å². The molecule has 2 aromatic heterocycles. The summed E-state index contributed by atoms with van der Waals surface area (Å²) in [4.78, 5) is 32.5. The summed E-state index contributed by atoms with van der Waals surface area (Å²) in [5, 5.41) is 21.5. The molecule has 0 bridgehead atoms. The van der Waals surface area contributed by atoms with Crippen molar-refractivity contribution in [2.24, 2.45) is 11.8 Å². The van der Waals surface area contributed by atoms with Crippen LogP contribution in [-0.4, -0.2) is 27.0 Å². The molecule has 2 heterocycles. The molecule has 7 nitrogen and oxygen atoms in total. The molecule has 2 N–H and O–H groups in total. The van der Waals surface area contributed by atoms with E-state index in [4.69, 9.17) is 5.11 Å². The van der Waals surface area contributed by atoms with Gasteiger partial charge in [-0.3, -0.25) is 14.6 Å². The third-order valence-corrected chi connectivity index (χ3v) is 5.14. The number of aromatic nitrogens is 2. The first kappa shape index (κ1) is 17.0. The van der Waals surface area contributed by atoms with Crippen molar-refractivity contribution in [2.45, 2.75) is 25.7 Å². The number of hydrogen-bond donors (Lipinski definition) is 2. The van der Waals surface area contributed by atoms with Gasteiger partial charge in [-0.25, -0.2) is 4.98 Å². The lowest BCUT2D eigenvalue weighted by molar-refractivity contribution is -0.143. The first-order valence-corrected chi connectivity index (χ1v) is 8.76. The number of carbonyl (C=O) groups excluding carboxylic acids is 1. The van der Waals surface area contributed by atoms with Gasteiger partial charge in [-0.2, -0.15) is 5.26 Å². The topological polar surface area (TPSA) is 116 Å². The van der Waals surface area contributed by atoms with Gasteiger partial charge in [0.15, 0.2) is 5.13 Å². The molecule has 0 radical (unpaired) electrons. The number of amides is 1. The zero-order chi connectivity index (χ0) is 17.8. The molecule has 0 unspecified atom stereocenters. The van der Waals surface area contributed by atoms with Crippen LogP contribution in [-0.2, 0) is 9.59 Å². The smallest absolute Gasteiger partial charge is 0.306 e. The molecular formula is C17H16N4O3S. The van der Waals surface area contributed by atoms with Crippen molar-refractivity contribution in [3.63, 3.8) is 0 Å². The Bertz CT molecular complexity index is 828. The van der Waals surface area contributed by atoms with Crippen molar-refractivity contribution in [2.75, 3.05) is 5.32 Å². The van der Waals surface area contributed by atoms with E-state index in [-0.39, 0.29) is 11.8 Å². The highest BCUT2D eigenvalue weighted by molar-refractivity contribution is 7.16. The van der Waals surface area contributed by atoms with Gasteiger partial charge >= 0.3 is 5.97 Å². The molecule has 2 atom stereocenters. The Labute approximate surface area is 148 Å². The molecule has 0 aromatic carbocycles. The first-order valence-electron chi connectivity index (χ1n) is 7.94. The predicted octanol–water partition coefficient (Wildman–Crippen LogP) is 2.91. The van der Waals surface area contributed by atoms with Gasteiger partial charge in [0.25, 0.3) is 0 Å². The molecule has 2 aromatic rings. The van der Waals surface area contributed by atoms with Gasteiger partial charge in [-0.15, -0.1) is 0 Å².